The van der Waals surface area contributed by atoms with Gasteiger partial charge in [-0.3, -0.25) is 4.79 Å². The standard InChI is InChI=1S/C15H10BrClN4O/c16-11-4-5-19-14(6-11)20-9-10(8-18)15(22)21-13-3-1-2-12(17)7-13/h1-7,9H,(H,19,20)(H,21,22)/b10-9-. The van der Waals surface area contributed by atoms with Gasteiger partial charge < -0.3 is 10.6 Å². The Morgan fingerprint density at radius 3 is 2.86 bits per heavy atom. The molecule has 0 spiro atoms. The molecular weight excluding hydrogens is 368 g/mol. The summed E-state index contributed by atoms with van der Waals surface area (Å²) in [4.78, 5) is 16.1. The highest BCUT2D eigenvalue weighted by molar-refractivity contribution is 9.10. The predicted octanol–water partition coefficient (Wildman–Crippen LogP) is 3.96. The van der Waals surface area contributed by atoms with Crippen molar-refractivity contribution >= 4 is 44.9 Å². The molecule has 1 amide bonds. The number of nitriles is 1. The zero-order chi connectivity index (χ0) is 15.9. The zero-order valence-corrected chi connectivity index (χ0v) is 13.5. The molecule has 5 nitrogen and oxygen atoms in total. The van der Waals surface area contributed by atoms with Crippen molar-refractivity contribution in [3.63, 3.8) is 0 Å². The number of halogens is 2. The van der Waals surface area contributed by atoms with E-state index < -0.39 is 5.91 Å². The molecule has 0 bridgehead atoms. The lowest BCUT2D eigenvalue weighted by Crippen LogP contribution is -2.14. The van der Waals surface area contributed by atoms with Gasteiger partial charge >= 0.3 is 0 Å². The van der Waals surface area contributed by atoms with Crippen LogP contribution < -0.4 is 10.6 Å². The van der Waals surface area contributed by atoms with Crippen molar-refractivity contribution in [3.8, 4) is 6.07 Å². The highest BCUT2D eigenvalue weighted by atomic mass is 79.9. The van der Waals surface area contributed by atoms with Gasteiger partial charge in [-0.2, -0.15) is 5.26 Å². The Morgan fingerprint density at radius 2 is 2.18 bits per heavy atom. The number of nitrogens with one attached hydrogen (secondary N) is 2. The third-order valence-corrected chi connectivity index (χ3v) is 3.26. The Hall–Kier alpha value is -2.36. The predicted molar refractivity (Wildman–Crippen MR) is 89.3 cm³/mol. The lowest BCUT2D eigenvalue weighted by atomic mass is 10.2. The first-order chi connectivity index (χ1) is 10.6. The summed E-state index contributed by atoms with van der Waals surface area (Å²) in [7, 11) is 0. The normalized spacial score (nSPS) is 10.7. The second-order valence-electron chi connectivity index (χ2n) is 4.14. The monoisotopic (exact) mass is 376 g/mol. The number of aromatic nitrogens is 1. The average Bonchev–Trinajstić information content (AvgIpc) is 2.48. The quantitative estimate of drug-likeness (QED) is 0.624. The molecule has 0 fully saturated rings. The van der Waals surface area contributed by atoms with Crippen LogP contribution in [-0.2, 0) is 4.79 Å². The van der Waals surface area contributed by atoms with Gasteiger partial charge in [0.1, 0.15) is 17.5 Å². The highest BCUT2D eigenvalue weighted by Gasteiger charge is 2.09. The molecule has 0 saturated carbocycles. The summed E-state index contributed by atoms with van der Waals surface area (Å²) in [6, 6.07) is 12.0. The Labute approximate surface area is 140 Å². The molecule has 1 aromatic carbocycles. The van der Waals surface area contributed by atoms with Crippen LogP contribution in [-0.4, -0.2) is 10.9 Å². The maximum Gasteiger partial charge on any atom is 0.267 e. The van der Waals surface area contributed by atoms with Gasteiger partial charge in [0.15, 0.2) is 0 Å². The molecule has 0 aliphatic rings. The summed E-state index contributed by atoms with van der Waals surface area (Å²) in [6.45, 7) is 0. The molecule has 7 heteroatoms. The van der Waals surface area contributed by atoms with E-state index in [2.05, 4.69) is 31.5 Å². The van der Waals surface area contributed by atoms with Gasteiger partial charge in [0.25, 0.3) is 5.91 Å². The molecule has 0 unspecified atom stereocenters. The van der Waals surface area contributed by atoms with Crippen molar-refractivity contribution in [1.82, 2.24) is 4.98 Å². The van der Waals surface area contributed by atoms with E-state index in [1.54, 1.807) is 42.6 Å². The molecule has 0 saturated heterocycles. The number of rotatable bonds is 4. The highest BCUT2D eigenvalue weighted by Crippen LogP contribution is 2.16. The van der Waals surface area contributed by atoms with E-state index in [0.29, 0.717) is 16.5 Å². The van der Waals surface area contributed by atoms with E-state index >= 15 is 0 Å². The van der Waals surface area contributed by atoms with Crippen LogP contribution in [0.4, 0.5) is 11.5 Å². The lowest BCUT2D eigenvalue weighted by Gasteiger charge is -2.05. The Kier molecular flexibility index (Phi) is 5.53. The van der Waals surface area contributed by atoms with Crippen LogP contribution in [0.2, 0.25) is 5.02 Å². The maximum absolute atomic E-state index is 12.0. The van der Waals surface area contributed by atoms with Gasteiger partial charge in [0, 0.05) is 27.6 Å². The van der Waals surface area contributed by atoms with Gasteiger partial charge in [0.05, 0.1) is 0 Å². The van der Waals surface area contributed by atoms with E-state index in [1.807, 2.05) is 6.07 Å². The number of nitrogens with zero attached hydrogens (tertiary/aromatic N) is 2. The van der Waals surface area contributed by atoms with Crippen molar-refractivity contribution < 1.29 is 4.79 Å². The van der Waals surface area contributed by atoms with Gasteiger partial charge in [-0.15, -0.1) is 0 Å². The molecule has 0 aliphatic carbocycles. The van der Waals surface area contributed by atoms with Gasteiger partial charge in [-0.25, -0.2) is 4.98 Å². The number of carbonyl (C=O) groups excluding carboxylic acids is 1. The number of amides is 1. The van der Waals surface area contributed by atoms with Crippen LogP contribution in [0, 0.1) is 11.3 Å². The summed E-state index contributed by atoms with van der Waals surface area (Å²) >= 11 is 9.15. The minimum atomic E-state index is -0.535. The molecule has 0 aliphatic heterocycles. The minimum Gasteiger partial charge on any atom is -0.345 e. The van der Waals surface area contributed by atoms with Crippen LogP contribution in [0.5, 0.6) is 0 Å². The Balaban J connectivity index is 2.09. The number of benzene rings is 1. The zero-order valence-electron chi connectivity index (χ0n) is 11.2. The van der Waals surface area contributed by atoms with Gasteiger partial charge in [-0.1, -0.05) is 33.6 Å². The van der Waals surface area contributed by atoms with Crippen LogP contribution >= 0.6 is 27.5 Å². The third kappa shape index (κ3) is 4.58. The Bertz CT molecular complexity index is 770. The van der Waals surface area contributed by atoms with Crippen LogP contribution in [0.1, 0.15) is 0 Å². The largest absolute Gasteiger partial charge is 0.345 e. The molecule has 110 valence electrons. The van der Waals surface area contributed by atoms with Crippen molar-refractivity contribution in [2.24, 2.45) is 0 Å². The molecule has 0 atom stereocenters. The smallest absolute Gasteiger partial charge is 0.267 e. The number of hydrogen-bond acceptors (Lipinski definition) is 4. The Morgan fingerprint density at radius 1 is 1.36 bits per heavy atom. The second-order valence-corrected chi connectivity index (χ2v) is 5.49. The average molecular weight is 378 g/mol. The van der Waals surface area contributed by atoms with E-state index in [-0.39, 0.29) is 5.57 Å². The fourth-order valence-electron chi connectivity index (χ4n) is 1.54. The fourth-order valence-corrected chi connectivity index (χ4v) is 2.07. The molecule has 2 rings (SSSR count). The molecule has 2 N–H and O–H groups in total. The SMILES string of the molecule is N#C/C(=C/Nc1cc(Br)ccn1)C(=O)Nc1cccc(Cl)c1. The fraction of sp³-hybridized carbons (Fsp3) is 0. The molecular formula is C15H10BrClN4O. The van der Waals surface area contributed by atoms with Crippen molar-refractivity contribution in [2.75, 3.05) is 10.6 Å². The number of carbonyl (C=O) groups is 1. The van der Waals surface area contributed by atoms with Gasteiger partial charge in [0.2, 0.25) is 0 Å². The molecule has 1 heterocycles. The van der Waals surface area contributed by atoms with E-state index in [0.717, 1.165) is 4.47 Å². The first-order valence-electron chi connectivity index (χ1n) is 6.14. The number of anilines is 2. The van der Waals surface area contributed by atoms with E-state index in [1.165, 1.54) is 6.20 Å². The first kappa shape index (κ1) is 16.0. The third-order valence-electron chi connectivity index (χ3n) is 2.53. The van der Waals surface area contributed by atoms with Crippen molar-refractivity contribution in [1.29, 1.82) is 5.26 Å². The van der Waals surface area contributed by atoms with E-state index in [4.69, 9.17) is 16.9 Å². The van der Waals surface area contributed by atoms with Crippen LogP contribution in [0.25, 0.3) is 0 Å². The van der Waals surface area contributed by atoms with Crippen LogP contribution in [0.15, 0.2) is 58.8 Å². The first-order valence-corrected chi connectivity index (χ1v) is 7.31. The van der Waals surface area contributed by atoms with Gasteiger partial charge in [-0.05, 0) is 30.3 Å². The summed E-state index contributed by atoms with van der Waals surface area (Å²) < 4.78 is 0.834. The summed E-state index contributed by atoms with van der Waals surface area (Å²) in [5, 5.41) is 15.0. The molecule has 0 radical (unpaired) electrons. The summed E-state index contributed by atoms with van der Waals surface area (Å²) in [5.41, 5.74) is 0.431. The minimum absolute atomic E-state index is 0.0817. The second kappa shape index (κ2) is 7.59. The number of pyridine rings is 1. The maximum atomic E-state index is 12.0. The molecule has 2 aromatic rings. The topological polar surface area (TPSA) is 77.8 Å². The summed E-state index contributed by atoms with van der Waals surface area (Å²) in [6.07, 6.45) is 2.90. The molecule has 1 aromatic heterocycles. The van der Waals surface area contributed by atoms with Crippen LogP contribution in [0.3, 0.4) is 0 Å². The van der Waals surface area contributed by atoms with Crippen molar-refractivity contribution in [2.45, 2.75) is 0 Å². The van der Waals surface area contributed by atoms with Crippen molar-refractivity contribution in [3.05, 3.63) is 63.9 Å². The molecule has 22 heavy (non-hydrogen) atoms. The summed E-state index contributed by atoms with van der Waals surface area (Å²) in [5.74, 6) is -0.0232. The lowest BCUT2D eigenvalue weighted by molar-refractivity contribution is -0.112. The number of hydrogen-bond donors (Lipinski definition) is 2. The van der Waals surface area contributed by atoms with E-state index in [9.17, 15) is 4.79 Å².